The zero-order chi connectivity index (χ0) is 22.9. The highest BCUT2D eigenvalue weighted by molar-refractivity contribution is 6.44. The number of nitrogens with one attached hydrogen (secondary N) is 1. The molecule has 0 unspecified atom stereocenters. The van der Waals surface area contributed by atoms with Gasteiger partial charge in [-0.25, -0.2) is 9.59 Å². The van der Waals surface area contributed by atoms with Crippen molar-refractivity contribution in [1.29, 1.82) is 0 Å². The molecule has 165 valence electrons. The first-order valence-corrected chi connectivity index (χ1v) is 12.4. The minimum Gasteiger partial charge on any atom is -0.477 e. The second kappa shape index (κ2) is 7.03. The van der Waals surface area contributed by atoms with Crippen molar-refractivity contribution >= 4 is 36.6 Å². The minimum absolute atomic E-state index is 0.0911. The highest BCUT2D eigenvalue weighted by Gasteiger charge is 2.53. The predicted octanol–water partition coefficient (Wildman–Crippen LogP) is 2.44. The number of carbonyl (C=O) groups is 1. The molecular weight excluding hydrogens is 442 g/mol. The summed E-state index contributed by atoms with van der Waals surface area (Å²) in [4.78, 5) is 26.7. The van der Waals surface area contributed by atoms with Crippen LogP contribution in [0.1, 0.15) is 55.5 Å². The van der Waals surface area contributed by atoms with E-state index in [0.717, 1.165) is 35.4 Å². The van der Waals surface area contributed by atoms with Gasteiger partial charge in [0.05, 0.1) is 20.3 Å². The van der Waals surface area contributed by atoms with Crippen molar-refractivity contribution in [2.75, 3.05) is 6.61 Å². The number of carboxylic acid groups (broad SMARTS) is 1. The minimum atomic E-state index is -1.02. The second-order valence-electron chi connectivity index (χ2n) is 9.55. The fourth-order valence-corrected chi connectivity index (χ4v) is 7.64. The molecule has 2 fully saturated rings. The fraction of sp³-hybridized carbons (Fsp3) is 0.500. The molecule has 5 radical (unpaired) electrons. The van der Waals surface area contributed by atoms with E-state index in [9.17, 15) is 14.7 Å². The number of carboxylic acids is 1. The molecule has 2 N–H and O–H groups in total. The van der Waals surface area contributed by atoms with Gasteiger partial charge >= 0.3 is 11.7 Å². The summed E-state index contributed by atoms with van der Waals surface area (Å²) in [6.07, 6.45) is 1.63. The lowest BCUT2D eigenvalue weighted by Crippen LogP contribution is -2.56. The van der Waals surface area contributed by atoms with E-state index in [0.29, 0.717) is 22.0 Å². The molecule has 0 bridgehead atoms. The maximum Gasteiger partial charge on any atom is 0.438 e. The fourth-order valence-electron chi connectivity index (χ4n) is 5.28. The van der Waals surface area contributed by atoms with Gasteiger partial charge in [0.15, 0.2) is 5.82 Å². The van der Waals surface area contributed by atoms with Crippen LogP contribution in [0.5, 0.6) is 0 Å². The SMILES string of the molecule is C[C@H]1C[Si][C@]1(c1noc(=O)[nH]1)n1c(C(=O)O)cc2cc([C@]3([Si])CCOC(C)(C)C3)ccc21. The van der Waals surface area contributed by atoms with Crippen molar-refractivity contribution in [3.8, 4) is 0 Å². The Morgan fingerprint density at radius 1 is 1.38 bits per heavy atom. The topological polar surface area (TPSA) is 110 Å². The third-order valence-electron chi connectivity index (χ3n) is 6.87. The molecule has 0 amide bonds. The van der Waals surface area contributed by atoms with Crippen LogP contribution in [0.3, 0.4) is 0 Å². The molecule has 2 aromatic heterocycles. The van der Waals surface area contributed by atoms with Gasteiger partial charge in [0, 0.05) is 27.8 Å². The van der Waals surface area contributed by atoms with E-state index in [1.807, 2.05) is 17.6 Å². The Balaban J connectivity index is 1.70. The molecule has 2 aliphatic heterocycles. The summed E-state index contributed by atoms with van der Waals surface area (Å²) >= 11 is 0. The summed E-state index contributed by atoms with van der Waals surface area (Å²) < 4.78 is 12.5. The lowest BCUT2D eigenvalue weighted by atomic mass is 9.82. The Labute approximate surface area is 190 Å². The molecule has 3 aromatic rings. The average molecular weight is 467 g/mol. The van der Waals surface area contributed by atoms with Crippen LogP contribution < -0.4 is 5.76 Å². The maximum atomic E-state index is 12.3. The number of fused-ring (bicyclic) bond motifs is 1. The number of hydrogen-bond acceptors (Lipinski definition) is 5. The van der Waals surface area contributed by atoms with Crippen molar-refractivity contribution in [1.82, 2.24) is 14.7 Å². The summed E-state index contributed by atoms with van der Waals surface area (Å²) in [6, 6.07) is 8.75. The Hall–Kier alpha value is -2.44. The molecular formula is C22H24N3O5Si2. The Bertz CT molecular complexity index is 1280. The first-order valence-electron chi connectivity index (χ1n) is 10.7. The monoisotopic (exact) mass is 466 g/mol. The molecule has 5 rings (SSSR count). The smallest absolute Gasteiger partial charge is 0.438 e. The van der Waals surface area contributed by atoms with Gasteiger partial charge in [0.1, 0.15) is 5.69 Å². The molecule has 2 saturated heterocycles. The standard InChI is InChI=1S/C22H24N3O5Si2/c1-12-10-32-22(12,18-23-19(28)30-24-18)25-15-5-4-14(8-13(15)9-16(25)17(26)27)21(31)6-7-29-20(2,3)11-21/h4-5,8-9,12H,6-7,10-11H2,1-3H3,(H,26,27)(H,23,24,28)/t12-,21-,22+/m0/s1. The van der Waals surface area contributed by atoms with Crippen LogP contribution in [0.2, 0.25) is 6.04 Å². The molecule has 32 heavy (non-hydrogen) atoms. The normalized spacial score (nSPS) is 29.7. The van der Waals surface area contributed by atoms with Crippen LogP contribution in [0, 0.1) is 5.92 Å². The maximum absolute atomic E-state index is 12.3. The number of aromatic nitrogens is 3. The molecule has 3 atom stereocenters. The van der Waals surface area contributed by atoms with Gasteiger partial charge in [-0.1, -0.05) is 24.2 Å². The summed E-state index contributed by atoms with van der Waals surface area (Å²) in [6.45, 7) is 6.86. The molecule has 10 heteroatoms. The Morgan fingerprint density at radius 2 is 2.16 bits per heavy atom. The number of benzene rings is 1. The molecule has 8 nitrogen and oxygen atoms in total. The van der Waals surface area contributed by atoms with Crippen LogP contribution in [0.25, 0.3) is 10.9 Å². The van der Waals surface area contributed by atoms with Gasteiger partial charge in [0.2, 0.25) is 0 Å². The quantitative estimate of drug-likeness (QED) is 0.572. The van der Waals surface area contributed by atoms with E-state index < -0.39 is 16.9 Å². The van der Waals surface area contributed by atoms with Crippen LogP contribution in [-0.2, 0) is 14.9 Å². The molecule has 4 heterocycles. The lowest BCUT2D eigenvalue weighted by molar-refractivity contribution is -0.0669. The van der Waals surface area contributed by atoms with Crippen molar-refractivity contribution in [3.63, 3.8) is 0 Å². The van der Waals surface area contributed by atoms with Crippen molar-refractivity contribution in [2.24, 2.45) is 5.92 Å². The van der Waals surface area contributed by atoms with E-state index in [4.69, 9.17) is 9.26 Å². The molecule has 0 aliphatic carbocycles. The van der Waals surface area contributed by atoms with Gasteiger partial charge in [-0.3, -0.25) is 9.51 Å². The van der Waals surface area contributed by atoms with Crippen molar-refractivity contribution < 1.29 is 19.2 Å². The number of ether oxygens (including phenoxy) is 1. The summed E-state index contributed by atoms with van der Waals surface area (Å²) in [5.74, 6) is -1.18. The Morgan fingerprint density at radius 3 is 2.72 bits per heavy atom. The third-order valence-corrected chi connectivity index (χ3v) is 9.89. The van der Waals surface area contributed by atoms with E-state index in [1.54, 1.807) is 6.07 Å². The van der Waals surface area contributed by atoms with E-state index in [-0.39, 0.29) is 22.3 Å². The predicted molar refractivity (Wildman–Crippen MR) is 120 cm³/mol. The van der Waals surface area contributed by atoms with Crippen molar-refractivity contribution in [3.05, 3.63) is 51.9 Å². The second-order valence-corrected chi connectivity index (χ2v) is 12.0. The van der Waals surface area contributed by atoms with Crippen LogP contribution in [0.4, 0.5) is 0 Å². The number of H-pyrrole nitrogens is 1. The number of aromatic amines is 1. The van der Waals surface area contributed by atoms with Crippen LogP contribution >= 0.6 is 0 Å². The largest absolute Gasteiger partial charge is 0.477 e. The van der Waals surface area contributed by atoms with Gasteiger partial charge in [0.25, 0.3) is 0 Å². The zero-order valence-electron chi connectivity index (χ0n) is 18.2. The molecule has 0 spiro atoms. The van der Waals surface area contributed by atoms with Crippen LogP contribution in [0.15, 0.2) is 33.6 Å². The molecule has 1 aromatic carbocycles. The average Bonchev–Trinajstić information content (AvgIpc) is 3.30. The highest BCUT2D eigenvalue weighted by Crippen LogP contribution is 2.47. The van der Waals surface area contributed by atoms with Gasteiger partial charge < -0.3 is 14.4 Å². The number of rotatable bonds is 4. The van der Waals surface area contributed by atoms with E-state index in [1.165, 1.54) is 0 Å². The summed E-state index contributed by atoms with van der Waals surface area (Å²) in [5.41, 5.74) is 1.82. The molecule has 2 aliphatic rings. The first-order chi connectivity index (χ1) is 15.1. The number of hydrogen-bond donors (Lipinski definition) is 2. The van der Waals surface area contributed by atoms with E-state index >= 15 is 0 Å². The lowest BCUT2D eigenvalue weighted by Gasteiger charge is -2.47. The van der Waals surface area contributed by atoms with Crippen LogP contribution in [-0.4, -0.2) is 57.8 Å². The number of nitrogens with zero attached hydrogens (tertiary/aromatic N) is 2. The zero-order valence-corrected chi connectivity index (χ0v) is 20.2. The van der Waals surface area contributed by atoms with E-state index in [2.05, 4.69) is 46.4 Å². The molecule has 0 saturated carbocycles. The van der Waals surface area contributed by atoms with Gasteiger partial charge in [-0.15, -0.1) is 0 Å². The number of aromatic carboxylic acids is 1. The Kier molecular flexibility index (Phi) is 4.70. The highest BCUT2D eigenvalue weighted by atomic mass is 28.2. The third kappa shape index (κ3) is 3.07. The van der Waals surface area contributed by atoms with Crippen molar-refractivity contribution in [2.45, 2.75) is 55.5 Å². The van der Waals surface area contributed by atoms with Gasteiger partial charge in [-0.2, -0.15) is 0 Å². The summed E-state index contributed by atoms with van der Waals surface area (Å²) in [7, 11) is 4.40. The summed E-state index contributed by atoms with van der Waals surface area (Å²) in [5, 5.41) is 13.9. The van der Waals surface area contributed by atoms with Gasteiger partial charge in [-0.05, 0) is 61.4 Å². The first kappa shape index (κ1) is 21.4.